The molecule has 1 unspecified atom stereocenters. The van der Waals surface area contributed by atoms with Crippen LogP contribution in [0.3, 0.4) is 0 Å². The van der Waals surface area contributed by atoms with Crippen LogP contribution < -0.4 is 0 Å². The van der Waals surface area contributed by atoms with Crippen LogP contribution in [0.25, 0.3) is 0 Å². The molecular weight excluding hydrogens is 240 g/mol. The number of rotatable bonds is 2. The molecule has 0 aromatic heterocycles. The zero-order valence-electron chi connectivity index (χ0n) is 11.1. The lowest BCUT2D eigenvalue weighted by Crippen LogP contribution is -2.36. The summed E-state index contributed by atoms with van der Waals surface area (Å²) in [5, 5.41) is 4.13. The van der Waals surface area contributed by atoms with Gasteiger partial charge in [0.25, 0.3) is 5.91 Å². The SMILES string of the molecule is CCC1=NOC2(CCN(C(=O)c3ccccc3)C2)C1. The number of amides is 1. The summed E-state index contributed by atoms with van der Waals surface area (Å²) in [6, 6.07) is 9.42. The second-order valence-electron chi connectivity index (χ2n) is 5.30. The Morgan fingerprint density at radius 3 is 2.89 bits per heavy atom. The van der Waals surface area contributed by atoms with Crippen molar-refractivity contribution in [1.29, 1.82) is 0 Å². The maximum atomic E-state index is 12.4. The van der Waals surface area contributed by atoms with E-state index >= 15 is 0 Å². The molecule has 1 fully saturated rings. The second-order valence-corrected chi connectivity index (χ2v) is 5.30. The molecule has 100 valence electrons. The van der Waals surface area contributed by atoms with Crippen molar-refractivity contribution < 1.29 is 9.63 Å². The number of likely N-dealkylation sites (tertiary alicyclic amines) is 1. The van der Waals surface area contributed by atoms with Crippen LogP contribution in [-0.2, 0) is 4.84 Å². The molecule has 1 saturated heterocycles. The molecule has 4 nitrogen and oxygen atoms in total. The van der Waals surface area contributed by atoms with E-state index in [4.69, 9.17) is 4.84 Å². The van der Waals surface area contributed by atoms with Crippen molar-refractivity contribution in [3.63, 3.8) is 0 Å². The van der Waals surface area contributed by atoms with Gasteiger partial charge in [0.1, 0.15) is 0 Å². The average molecular weight is 258 g/mol. The second kappa shape index (κ2) is 4.68. The lowest BCUT2D eigenvalue weighted by atomic mass is 9.96. The van der Waals surface area contributed by atoms with Crippen LogP contribution in [0.5, 0.6) is 0 Å². The summed E-state index contributed by atoms with van der Waals surface area (Å²) in [4.78, 5) is 19.9. The van der Waals surface area contributed by atoms with Gasteiger partial charge in [-0.15, -0.1) is 0 Å². The molecule has 4 heteroatoms. The van der Waals surface area contributed by atoms with Crippen molar-refractivity contribution in [2.45, 2.75) is 31.8 Å². The maximum Gasteiger partial charge on any atom is 0.253 e. The minimum atomic E-state index is -0.254. The first kappa shape index (κ1) is 12.2. The molecule has 0 aliphatic carbocycles. The van der Waals surface area contributed by atoms with Crippen molar-refractivity contribution in [2.75, 3.05) is 13.1 Å². The number of oxime groups is 1. The van der Waals surface area contributed by atoms with Crippen LogP contribution in [0.4, 0.5) is 0 Å². The molecule has 0 radical (unpaired) electrons. The van der Waals surface area contributed by atoms with Crippen LogP contribution >= 0.6 is 0 Å². The largest absolute Gasteiger partial charge is 0.387 e. The van der Waals surface area contributed by atoms with E-state index in [2.05, 4.69) is 12.1 Å². The molecule has 2 heterocycles. The van der Waals surface area contributed by atoms with Gasteiger partial charge in [0.2, 0.25) is 0 Å². The van der Waals surface area contributed by atoms with Gasteiger partial charge in [-0.3, -0.25) is 4.79 Å². The van der Waals surface area contributed by atoms with Crippen molar-refractivity contribution in [3.05, 3.63) is 35.9 Å². The molecule has 2 aliphatic heterocycles. The van der Waals surface area contributed by atoms with Crippen LogP contribution in [0.2, 0.25) is 0 Å². The molecule has 1 aromatic carbocycles. The highest BCUT2D eigenvalue weighted by Crippen LogP contribution is 2.34. The number of hydrogen-bond acceptors (Lipinski definition) is 3. The third kappa shape index (κ3) is 2.23. The predicted molar refractivity (Wildman–Crippen MR) is 73.1 cm³/mol. The van der Waals surface area contributed by atoms with Gasteiger partial charge < -0.3 is 9.74 Å². The molecular formula is C15H18N2O2. The first-order valence-corrected chi connectivity index (χ1v) is 6.81. The Balaban J connectivity index is 1.69. The lowest BCUT2D eigenvalue weighted by molar-refractivity contribution is -0.00917. The highest BCUT2D eigenvalue weighted by molar-refractivity contribution is 5.94. The first-order valence-electron chi connectivity index (χ1n) is 6.81. The molecule has 1 atom stereocenters. The normalized spacial score (nSPS) is 25.5. The summed E-state index contributed by atoms with van der Waals surface area (Å²) in [5.74, 6) is 0.0889. The average Bonchev–Trinajstić information content (AvgIpc) is 3.07. The van der Waals surface area contributed by atoms with E-state index in [9.17, 15) is 4.79 Å². The summed E-state index contributed by atoms with van der Waals surface area (Å²) in [7, 11) is 0. The number of carbonyl (C=O) groups is 1. The fourth-order valence-corrected chi connectivity index (χ4v) is 2.79. The standard InChI is InChI=1S/C15H18N2O2/c1-2-13-10-15(19-16-13)8-9-17(11-15)14(18)12-6-4-3-5-7-12/h3-7H,2,8-11H2,1H3. The fraction of sp³-hybridized carbons (Fsp3) is 0.467. The Morgan fingerprint density at radius 1 is 1.42 bits per heavy atom. The van der Waals surface area contributed by atoms with Gasteiger partial charge in [-0.25, -0.2) is 0 Å². The molecule has 1 spiro atoms. The van der Waals surface area contributed by atoms with Crippen molar-refractivity contribution >= 4 is 11.6 Å². The van der Waals surface area contributed by atoms with Crippen LogP contribution in [-0.4, -0.2) is 35.2 Å². The predicted octanol–water partition coefficient (Wildman–Crippen LogP) is 2.46. The minimum Gasteiger partial charge on any atom is -0.387 e. The Bertz CT molecular complexity index is 512. The van der Waals surface area contributed by atoms with Crippen LogP contribution in [0, 0.1) is 0 Å². The van der Waals surface area contributed by atoms with E-state index in [1.165, 1.54) is 0 Å². The minimum absolute atomic E-state index is 0.0889. The smallest absolute Gasteiger partial charge is 0.253 e. The van der Waals surface area contributed by atoms with Crippen LogP contribution in [0.1, 0.15) is 36.5 Å². The Kier molecular flexibility index (Phi) is 3.01. The fourth-order valence-electron chi connectivity index (χ4n) is 2.79. The number of carbonyl (C=O) groups excluding carboxylic acids is 1. The van der Waals surface area contributed by atoms with Crippen molar-refractivity contribution in [2.24, 2.45) is 5.16 Å². The highest BCUT2D eigenvalue weighted by Gasteiger charge is 2.46. The molecule has 0 N–H and O–H groups in total. The van der Waals surface area contributed by atoms with Gasteiger partial charge in [-0.2, -0.15) is 0 Å². The van der Waals surface area contributed by atoms with Crippen LogP contribution in [0.15, 0.2) is 35.5 Å². The van der Waals surface area contributed by atoms with E-state index in [1.54, 1.807) is 0 Å². The Labute approximate surface area is 113 Å². The zero-order chi connectivity index (χ0) is 13.3. The molecule has 3 rings (SSSR count). The third-order valence-electron chi connectivity index (χ3n) is 3.93. The molecule has 0 saturated carbocycles. The van der Waals surface area contributed by atoms with Gasteiger partial charge in [0.15, 0.2) is 5.60 Å². The summed E-state index contributed by atoms with van der Waals surface area (Å²) >= 11 is 0. The summed E-state index contributed by atoms with van der Waals surface area (Å²) in [6.07, 6.45) is 2.66. The molecule has 1 aromatic rings. The van der Waals surface area contributed by atoms with E-state index in [-0.39, 0.29) is 11.5 Å². The van der Waals surface area contributed by atoms with Gasteiger partial charge in [0, 0.05) is 24.9 Å². The molecule has 1 amide bonds. The molecule has 19 heavy (non-hydrogen) atoms. The quantitative estimate of drug-likeness (QED) is 0.817. The van der Waals surface area contributed by atoms with Gasteiger partial charge in [-0.1, -0.05) is 30.3 Å². The molecule has 0 bridgehead atoms. The summed E-state index contributed by atoms with van der Waals surface area (Å²) < 4.78 is 0. The first-order chi connectivity index (χ1) is 9.22. The van der Waals surface area contributed by atoms with Crippen molar-refractivity contribution in [3.8, 4) is 0 Å². The number of benzene rings is 1. The monoisotopic (exact) mass is 258 g/mol. The topological polar surface area (TPSA) is 41.9 Å². The molecule has 2 aliphatic rings. The maximum absolute atomic E-state index is 12.4. The van der Waals surface area contributed by atoms with Gasteiger partial charge in [-0.05, 0) is 18.6 Å². The summed E-state index contributed by atoms with van der Waals surface area (Å²) in [5.41, 5.74) is 1.60. The van der Waals surface area contributed by atoms with Gasteiger partial charge in [0.05, 0.1) is 12.3 Å². The van der Waals surface area contributed by atoms with E-state index in [0.717, 1.165) is 37.1 Å². The third-order valence-corrected chi connectivity index (χ3v) is 3.93. The Morgan fingerprint density at radius 2 is 2.21 bits per heavy atom. The van der Waals surface area contributed by atoms with E-state index < -0.39 is 0 Å². The van der Waals surface area contributed by atoms with E-state index in [1.807, 2.05) is 35.2 Å². The summed E-state index contributed by atoms with van der Waals surface area (Å²) in [6.45, 7) is 3.48. The number of hydrogen-bond donors (Lipinski definition) is 0. The zero-order valence-corrected chi connectivity index (χ0v) is 11.1. The van der Waals surface area contributed by atoms with Gasteiger partial charge >= 0.3 is 0 Å². The lowest BCUT2D eigenvalue weighted by Gasteiger charge is -2.21. The Hall–Kier alpha value is -1.84. The van der Waals surface area contributed by atoms with E-state index in [0.29, 0.717) is 6.54 Å². The number of nitrogens with zero attached hydrogens (tertiary/aromatic N) is 2. The van der Waals surface area contributed by atoms with Crippen molar-refractivity contribution in [1.82, 2.24) is 4.90 Å². The highest BCUT2D eigenvalue weighted by atomic mass is 16.7.